The lowest BCUT2D eigenvalue weighted by atomic mass is 9.99. The molecule has 0 saturated carbocycles. The number of benzene rings is 2. The van der Waals surface area contributed by atoms with Crippen molar-refractivity contribution in [3.05, 3.63) is 95.8 Å². The Balaban J connectivity index is 1.29. The lowest BCUT2D eigenvalue weighted by Crippen LogP contribution is -2.16. The lowest BCUT2D eigenvalue weighted by Gasteiger charge is -2.08. The highest BCUT2D eigenvalue weighted by molar-refractivity contribution is 6.31. The molecular weight excluding hydrogens is 418 g/mol. The van der Waals surface area contributed by atoms with E-state index in [0.717, 1.165) is 22.4 Å². The molecule has 0 bridgehead atoms. The fraction of sp³-hybridized carbons (Fsp3) is 0.0833. The molecule has 1 aliphatic heterocycles. The van der Waals surface area contributed by atoms with Gasteiger partial charge in [0.25, 0.3) is 11.8 Å². The summed E-state index contributed by atoms with van der Waals surface area (Å²) in [6.45, 7) is 0. The summed E-state index contributed by atoms with van der Waals surface area (Å²) in [5.74, 6) is 0.577. The molecule has 9 nitrogen and oxygen atoms in total. The van der Waals surface area contributed by atoms with Crippen LogP contribution in [0.1, 0.15) is 27.3 Å². The molecule has 4 N–H and O–H groups in total. The van der Waals surface area contributed by atoms with Crippen LogP contribution >= 0.6 is 0 Å². The normalized spacial score (nSPS) is 13.6. The Labute approximate surface area is 189 Å². The number of hydrogen-bond donors (Lipinski definition) is 4. The number of aromatic amines is 1. The minimum atomic E-state index is -0.256. The molecule has 3 heterocycles. The van der Waals surface area contributed by atoms with Crippen LogP contribution < -0.4 is 16.0 Å². The highest BCUT2D eigenvalue weighted by Gasteiger charge is 2.24. The van der Waals surface area contributed by atoms with E-state index in [2.05, 4.69) is 31.1 Å². The number of carbonyl (C=O) groups is 2. The second kappa shape index (κ2) is 8.46. The van der Waals surface area contributed by atoms with Crippen LogP contribution in [0.25, 0.3) is 5.57 Å². The van der Waals surface area contributed by atoms with Crippen molar-refractivity contribution in [2.24, 2.45) is 7.05 Å². The third-order valence-electron chi connectivity index (χ3n) is 5.38. The summed E-state index contributed by atoms with van der Waals surface area (Å²) in [7, 11) is 1.78. The van der Waals surface area contributed by atoms with Gasteiger partial charge in [-0.1, -0.05) is 18.2 Å². The van der Waals surface area contributed by atoms with Gasteiger partial charge in [-0.05, 0) is 41.8 Å². The Hall–Kier alpha value is -4.66. The number of amides is 2. The van der Waals surface area contributed by atoms with E-state index < -0.39 is 0 Å². The van der Waals surface area contributed by atoms with Gasteiger partial charge in [-0.3, -0.25) is 14.7 Å². The number of rotatable bonds is 6. The zero-order valence-electron chi connectivity index (χ0n) is 17.8. The SMILES string of the molecule is Cn1ccnc1C(=O)Nc1ccc(Cc2ccc3c(c2)/C(=C/Nc2cc[nH]n2)C(=O)N3)cc1. The first-order valence-corrected chi connectivity index (χ1v) is 10.4. The third-order valence-corrected chi connectivity index (χ3v) is 5.38. The predicted molar refractivity (Wildman–Crippen MR) is 126 cm³/mol. The molecule has 9 heteroatoms. The monoisotopic (exact) mass is 439 g/mol. The Kier molecular flexibility index (Phi) is 5.19. The number of hydrogen-bond acceptors (Lipinski definition) is 5. The summed E-state index contributed by atoms with van der Waals surface area (Å²) < 4.78 is 1.67. The molecule has 1 aliphatic rings. The molecule has 164 valence electrons. The van der Waals surface area contributed by atoms with Crippen LogP contribution in [0.15, 0.2) is 73.3 Å². The molecular formula is C24H21N7O2. The number of anilines is 3. The minimum absolute atomic E-state index is 0.155. The van der Waals surface area contributed by atoms with Crippen molar-refractivity contribution in [3.63, 3.8) is 0 Å². The number of aromatic nitrogens is 4. The van der Waals surface area contributed by atoms with Crippen LogP contribution in [0.2, 0.25) is 0 Å². The fourth-order valence-corrected chi connectivity index (χ4v) is 3.69. The number of aryl methyl sites for hydroxylation is 1. The van der Waals surface area contributed by atoms with Crippen LogP contribution in [0.5, 0.6) is 0 Å². The van der Waals surface area contributed by atoms with Crippen LogP contribution in [0.4, 0.5) is 17.2 Å². The second-order valence-corrected chi connectivity index (χ2v) is 7.69. The number of H-pyrrole nitrogens is 1. The third kappa shape index (κ3) is 4.24. The fourth-order valence-electron chi connectivity index (χ4n) is 3.69. The highest BCUT2D eigenvalue weighted by Crippen LogP contribution is 2.33. The van der Waals surface area contributed by atoms with Gasteiger partial charge in [0.15, 0.2) is 11.6 Å². The summed E-state index contributed by atoms with van der Waals surface area (Å²) in [6, 6.07) is 15.4. The van der Waals surface area contributed by atoms with Crippen molar-refractivity contribution in [3.8, 4) is 0 Å². The van der Waals surface area contributed by atoms with Crippen LogP contribution in [-0.2, 0) is 18.3 Å². The summed E-state index contributed by atoms with van der Waals surface area (Å²) >= 11 is 0. The van der Waals surface area contributed by atoms with Gasteiger partial charge in [0.1, 0.15) is 0 Å². The molecule has 5 rings (SSSR count). The molecule has 4 aromatic rings. The van der Waals surface area contributed by atoms with Gasteiger partial charge in [-0.25, -0.2) is 4.98 Å². The second-order valence-electron chi connectivity index (χ2n) is 7.69. The largest absolute Gasteiger partial charge is 0.344 e. The molecule has 0 unspecified atom stereocenters. The highest BCUT2D eigenvalue weighted by atomic mass is 16.2. The summed E-state index contributed by atoms with van der Waals surface area (Å²) in [5.41, 5.74) is 5.04. The number of nitrogens with zero attached hydrogens (tertiary/aromatic N) is 3. The van der Waals surface area contributed by atoms with Gasteiger partial charge in [-0.15, -0.1) is 0 Å². The number of imidazole rings is 1. The van der Waals surface area contributed by atoms with Crippen molar-refractivity contribution in [2.75, 3.05) is 16.0 Å². The van der Waals surface area contributed by atoms with Crippen LogP contribution in [-0.4, -0.2) is 31.6 Å². The molecule has 0 atom stereocenters. The summed E-state index contributed by atoms with van der Waals surface area (Å²) in [4.78, 5) is 28.8. The van der Waals surface area contributed by atoms with Gasteiger partial charge >= 0.3 is 0 Å². The van der Waals surface area contributed by atoms with Gasteiger partial charge in [0.05, 0.1) is 5.57 Å². The van der Waals surface area contributed by atoms with Gasteiger partial charge < -0.3 is 20.5 Å². The van der Waals surface area contributed by atoms with Gasteiger partial charge in [0, 0.05) is 54.8 Å². The lowest BCUT2D eigenvalue weighted by molar-refractivity contribution is -0.110. The summed E-state index contributed by atoms with van der Waals surface area (Å²) in [5, 5.41) is 15.5. The Morgan fingerprint density at radius 1 is 1.12 bits per heavy atom. The Morgan fingerprint density at radius 3 is 2.67 bits per heavy atom. The van der Waals surface area contributed by atoms with Crippen molar-refractivity contribution >= 4 is 34.6 Å². The Bertz CT molecular complexity index is 1350. The number of nitrogens with one attached hydrogen (secondary N) is 4. The molecule has 0 aliphatic carbocycles. The first kappa shape index (κ1) is 20.3. The first-order chi connectivity index (χ1) is 16.1. The van der Waals surface area contributed by atoms with Gasteiger partial charge in [0.2, 0.25) is 0 Å². The topological polar surface area (TPSA) is 117 Å². The van der Waals surface area contributed by atoms with E-state index in [1.54, 1.807) is 42.5 Å². The minimum Gasteiger partial charge on any atom is -0.344 e. The van der Waals surface area contributed by atoms with E-state index in [4.69, 9.17) is 0 Å². The van der Waals surface area contributed by atoms with E-state index in [1.165, 1.54) is 0 Å². The van der Waals surface area contributed by atoms with E-state index >= 15 is 0 Å². The van der Waals surface area contributed by atoms with Crippen molar-refractivity contribution in [2.45, 2.75) is 6.42 Å². The molecule has 0 radical (unpaired) electrons. The van der Waals surface area contributed by atoms with E-state index in [9.17, 15) is 9.59 Å². The average Bonchev–Trinajstić information content (AvgIpc) is 3.54. The van der Waals surface area contributed by atoms with Crippen molar-refractivity contribution < 1.29 is 9.59 Å². The maximum absolute atomic E-state index is 12.4. The number of carbonyl (C=O) groups excluding carboxylic acids is 2. The maximum atomic E-state index is 12.4. The predicted octanol–water partition coefficient (Wildman–Crippen LogP) is 3.39. The quantitative estimate of drug-likeness (QED) is 0.344. The van der Waals surface area contributed by atoms with E-state index in [0.29, 0.717) is 29.3 Å². The molecule has 2 aromatic heterocycles. The molecule has 0 spiro atoms. The van der Waals surface area contributed by atoms with Crippen molar-refractivity contribution in [1.29, 1.82) is 0 Å². The van der Waals surface area contributed by atoms with E-state index in [1.807, 2.05) is 42.5 Å². The van der Waals surface area contributed by atoms with Gasteiger partial charge in [-0.2, -0.15) is 5.10 Å². The van der Waals surface area contributed by atoms with Crippen LogP contribution in [0.3, 0.4) is 0 Å². The molecule has 2 amide bonds. The Morgan fingerprint density at radius 2 is 1.94 bits per heavy atom. The smallest absolute Gasteiger partial charge is 0.291 e. The van der Waals surface area contributed by atoms with Crippen LogP contribution in [0, 0.1) is 0 Å². The average molecular weight is 439 g/mol. The standard InChI is InChI=1S/C24H21N7O2/c1-31-11-10-25-22(31)24(33)28-17-5-2-15(3-6-17)12-16-4-7-20-18(13-16)19(23(32)29-20)14-26-21-8-9-27-30-21/h2-11,13-14H,12H2,1H3,(H,28,33)(H,29,32)(H2,26,27,30)/b19-14-. The molecule has 0 fully saturated rings. The molecule has 2 aromatic carbocycles. The molecule has 33 heavy (non-hydrogen) atoms. The zero-order valence-corrected chi connectivity index (χ0v) is 17.8. The number of fused-ring (bicyclic) bond motifs is 1. The van der Waals surface area contributed by atoms with E-state index in [-0.39, 0.29) is 11.8 Å². The zero-order chi connectivity index (χ0) is 22.8. The first-order valence-electron chi connectivity index (χ1n) is 10.4. The summed E-state index contributed by atoms with van der Waals surface area (Å²) in [6.07, 6.45) is 7.38. The van der Waals surface area contributed by atoms with Crippen molar-refractivity contribution in [1.82, 2.24) is 19.7 Å². The molecule has 0 saturated heterocycles. The maximum Gasteiger partial charge on any atom is 0.291 e.